The fourth-order valence-electron chi connectivity index (χ4n) is 2.90. The van der Waals surface area contributed by atoms with E-state index < -0.39 is 0 Å². The molecule has 2 heteroatoms. The van der Waals surface area contributed by atoms with Gasteiger partial charge in [-0.3, -0.25) is 4.79 Å². The minimum atomic E-state index is -0.177. The number of rotatable bonds is 0. The first-order valence-corrected chi connectivity index (χ1v) is 6.06. The van der Waals surface area contributed by atoms with Crippen LogP contribution in [0.25, 0.3) is 0 Å². The first-order chi connectivity index (χ1) is 7.77. The van der Waals surface area contributed by atoms with Crippen LogP contribution >= 0.6 is 0 Å². The fourth-order valence-corrected chi connectivity index (χ4v) is 2.90. The summed E-state index contributed by atoms with van der Waals surface area (Å²) < 4.78 is 6.11. The molecule has 1 aliphatic heterocycles. The Morgan fingerprint density at radius 3 is 2.88 bits per heavy atom. The minimum absolute atomic E-state index is 0.177. The Hall–Kier alpha value is -1.31. The molecule has 3 rings (SSSR count). The van der Waals surface area contributed by atoms with Gasteiger partial charge >= 0.3 is 0 Å². The lowest BCUT2D eigenvalue weighted by Crippen LogP contribution is -2.44. The molecule has 0 bridgehead atoms. The maximum absolute atomic E-state index is 11.6. The van der Waals surface area contributed by atoms with E-state index in [0.717, 1.165) is 37.9 Å². The van der Waals surface area contributed by atoms with Gasteiger partial charge in [0, 0.05) is 12.8 Å². The van der Waals surface area contributed by atoms with Gasteiger partial charge < -0.3 is 4.74 Å². The SMILES string of the molecule is O=C1CCC[C@@]2(CCc3ccccc3O2)C1. The molecule has 1 aromatic rings. The number of benzene rings is 1. The van der Waals surface area contributed by atoms with Gasteiger partial charge in [-0.25, -0.2) is 0 Å². The molecule has 0 radical (unpaired) electrons. The van der Waals surface area contributed by atoms with Crippen molar-refractivity contribution >= 4 is 5.78 Å². The predicted octanol–water partition coefficient (Wildman–Crippen LogP) is 2.89. The lowest BCUT2D eigenvalue weighted by Gasteiger charge is -2.40. The summed E-state index contributed by atoms with van der Waals surface area (Å²) in [6.45, 7) is 0. The molecule has 2 nitrogen and oxygen atoms in total. The van der Waals surface area contributed by atoms with Crippen molar-refractivity contribution in [3.05, 3.63) is 29.8 Å². The number of hydrogen-bond donors (Lipinski definition) is 0. The largest absolute Gasteiger partial charge is 0.487 e. The van der Waals surface area contributed by atoms with Crippen molar-refractivity contribution in [2.24, 2.45) is 0 Å². The fraction of sp³-hybridized carbons (Fsp3) is 0.500. The average molecular weight is 216 g/mol. The second-order valence-corrected chi connectivity index (χ2v) is 4.96. The van der Waals surface area contributed by atoms with Crippen LogP contribution in [0.2, 0.25) is 0 Å². The zero-order chi connectivity index (χ0) is 11.0. The van der Waals surface area contributed by atoms with Crippen LogP contribution in [0.3, 0.4) is 0 Å². The summed E-state index contributed by atoms with van der Waals surface area (Å²) in [5, 5.41) is 0. The Morgan fingerprint density at radius 2 is 2.00 bits per heavy atom. The summed E-state index contributed by atoms with van der Waals surface area (Å²) in [7, 11) is 0. The molecule has 1 heterocycles. The van der Waals surface area contributed by atoms with Gasteiger partial charge in [-0.1, -0.05) is 18.2 Å². The topological polar surface area (TPSA) is 26.3 Å². The van der Waals surface area contributed by atoms with Crippen molar-refractivity contribution in [3.8, 4) is 5.75 Å². The van der Waals surface area contributed by atoms with Crippen LogP contribution in [-0.2, 0) is 11.2 Å². The number of Topliss-reactive ketones (excluding diaryl/α,β-unsaturated/α-hetero) is 1. The number of ketones is 1. The van der Waals surface area contributed by atoms with Crippen molar-refractivity contribution in [1.29, 1.82) is 0 Å². The lowest BCUT2D eigenvalue weighted by molar-refractivity contribution is -0.127. The number of ether oxygens (including phenoxy) is 1. The van der Waals surface area contributed by atoms with Gasteiger partial charge in [0.2, 0.25) is 0 Å². The summed E-state index contributed by atoms with van der Waals surface area (Å²) in [5.74, 6) is 1.36. The zero-order valence-corrected chi connectivity index (χ0v) is 9.37. The Kier molecular flexibility index (Phi) is 2.23. The van der Waals surface area contributed by atoms with Crippen LogP contribution in [0, 0.1) is 0 Å². The van der Waals surface area contributed by atoms with E-state index in [1.165, 1.54) is 5.56 Å². The van der Waals surface area contributed by atoms with E-state index in [2.05, 4.69) is 6.07 Å². The van der Waals surface area contributed by atoms with Gasteiger partial charge in [-0.05, 0) is 37.3 Å². The molecule has 2 aliphatic rings. The zero-order valence-electron chi connectivity index (χ0n) is 9.37. The molecule has 0 aromatic heterocycles. The molecule has 1 aliphatic carbocycles. The monoisotopic (exact) mass is 216 g/mol. The van der Waals surface area contributed by atoms with Crippen LogP contribution in [0.15, 0.2) is 24.3 Å². The van der Waals surface area contributed by atoms with E-state index in [-0.39, 0.29) is 5.60 Å². The van der Waals surface area contributed by atoms with E-state index >= 15 is 0 Å². The van der Waals surface area contributed by atoms with E-state index in [1.54, 1.807) is 0 Å². The van der Waals surface area contributed by atoms with E-state index in [9.17, 15) is 4.79 Å². The standard InChI is InChI=1S/C14H16O2/c15-12-5-3-8-14(10-12)9-7-11-4-1-2-6-13(11)16-14/h1-2,4,6H,3,5,7-10H2/t14-/m1/s1. The molecule has 0 N–H and O–H groups in total. The highest BCUT2D eigenvalue weighted by Crippen LogP contribution is 2.40. The second kappa shape index (κ2) is 3.62. The molecule has 1 saturated carbocycles. The highest BCUT2D eigenvalue weighted by Gasteiger charge is 2.40. The van der Waals surface area contributed by atoms with Crippen LogP contribution in [0.1, 0.15) is 37.7 Å². The molecule has 0 unspecified atom stereocenters. The highest BCUT2D eigenvalue weighted by molar-refractivity contribution is 5.80. The van der Waals surface area contributed by atoms with Gasteiger partial charge in [0.05, 0.1) is 0 Å². The minimum Gasteiger partial charge on any atom is -0.487 e. The average Bonchev–Trinajstić information content (AvgIpc) is 2.28. The van der Waals surface area contributed by atoms with Crippen LogP contribution < -0.4 is 4.74 Å². The molecule has 1 aromatic carbocycles. The van der Waals surface area contributed by atoms with Crippen LogP contribution in [0.5, 0.6) is 5.75 Å². The normalized spacial score (nSPS) is 28.6. The number of carbonyl (C=O) groups excluding carboxylic acids is 1. The van der Waals surface area contributed by atoms with Gasteiger partial charge in [0.25, 0.3) is 0 Å². The smallest absolute Gasteiger partial charge is 0.136 e. The summed E-state index contributed by atoms with van der Waals surface area (Å²) in [5.41, 5.74) is 1.11. The maximum atomic E-state index is 11.6. The van der Waals surface area contributed by atoms with Crippen molar-refractivity contribution in [2.45, 2.75) is 44.1 Å². The number of carbonyl (C=O) groups is 1. The Labute approximate surface area is 95.6 Å². The third-order valence-electron chi connectivity index (χ3n) is 3.76. The highest BCUT2D eigenvalue weighted by atomic mass is 16.5. The van der Waals surface area contributed by atoms with Gasteiger partial charge in [0.15, 0.2) is 0 Å². The quantitative estimate of drug-likeness (QED) is 0.666. The van der Waals surface area contributed by atoms with Gasteiger partial charge in [-0.2, -0.15) is 0 Å². The predicted molar refractivity (Wildman–Crippen MR) is 61.6 cm³/mol. The first-order valence-electron chi connectivity index (χ1n) is 6.06. The molecule has 0 saturated heterocycles. The summed E-state index contributed by atoms with van der Waals surface area (Å²) in [6.07, 6.45) is 5.42. The maximum Gasteiger partial charge on any atom is 0.136 e. The molecule has 1 atom stereocenters. The Bertz CT molecular complexity index is 424. The first kappa shape index (κ1) is 9.88. The molecular weight excluding hydrogens is 200 g/mol. The summed E-state index contributed by atoms with van der Waals surface area (Å²) >= 11 is 0. The Morgan fingerprint density at radius 1 is 1.12 bits per heavy atom. The second-order valence-electron chi connectivity index (χ2n) is 4.96. The molecular formula is C14H16O2. The van der Waals surface area contributed by atoms with E-state index in [1.807, 2.05) is 18.2 Å². The van der Waals surface area contributed by atoms with Gasteiger partial charge in [-0.15, -0.1) is 0 Å². The molecule has 16 heavy (non-hydrogen) atoms. The molecule has 84 valence electrons. The number of fused-ring (bicyclic) bond motifs is 1. The summed E-state index contributed by atoms with van der Waals surface area (Å²) in [6, 6.07) is 8.19. The third kappa shape index (κ3) is 1.62. The van der Waals surface area contributed by atoms with Crippen molar-refractivity contribution < 1.29 is 9.53 Å². The van der Waals surface area contributed by atoms with Crippen LogP contribution in [0.4, 0.5) is 0 Å². The number of para-hydroxylation sites is 1. The van der Waals surface area contributed by atoms with Crippen molar-refractivity contribution in [1.82, 2.24) is 0 Å². The van der Waals surface area contributed by atoms with Crippen molar-refractivity contribution in [3.63, 3.8) is 0 Å². The molecule has 0 amide bonds. The van der Waals surface area contributed by atoms with E-state index in [4.69, 9.17) is 4.74 Å². The number of aryl methyl sites for hydroxylation is 1. The molecule has 1 fully saturated rings. The summed E-state index contributed by atoms with van der Waals surface area (Å²) in [4.78, 5) is 11.6. The Balaban J connectivity index is 1.89. The number of hydrogen-bond acceptors (Lipinski definition) is 2. The third-order valence-corrected chi connectivity index (χ3v) is 3.76. The van der Waals surface area contributed by atoms with Crippen molar-refractivity contribution in [2.75, 3.05) is 0 Å². The van der Waals surface area contributed by atoms with Gasteiger partial charge in [0.1, 0.15) is 17.1 Å². The molecule has 1 spiro atoms. The lowest BCUT2D eigenvalue weighted by atomic mass is 9.78. The van der Waals surface area contributed by atoms with Crippen LogP contribution in [-0.4, -0.2) is 11.4 Å². The van der Waals surface area contributed by atoms with E-state index in [0.29, 0.717) is 12.2 Å².